The van der Waals surface area contributed by atoms with Crippen molar-refractivity contribution in [1.82, 2.24) is 4.90 Å². The fraction of sp³-hybridized carbons (Fsp3) is 0.533. The second-order valence-electron chi connectivity index (χ2n) is 5.32. The molecule has 2 nitrogen and oxygen atoms in total. The Morgan fingerprint density at radius 1 is 1.53 bits per heavy atom. The molecule has 1 fully saturated rings. The Bertz CT molecular complexity index is 461. The van der Waals surface area contributed by atoms with Crippen LogP contribution in [0, 0.1) is 11.7 Å². The number of benzene rings is 1. The summed E-state index contributed by atoms with van der Waals surface area (Å²) in [6, 6.07) is 5.29. The zero-order valence-electron chi connectivity index (χ0n) is 11.4. The molecule has 1 atom stereocenters. The first-order chi connectivity index (χ1) is 9.11. The van der Waals surface area contributed by atoms with E-state index >= 15 is 0 Å². The van der Waals surface area contributed by atoms with Gasteiger partial charge in [0.05, 0.1) is 0 Å². The molecule has 1 heterocycles. The zero-order valence-corrected chi connectivity index (χ0v) is 12.2. The first-order valence-electron chi connectivity index (χ1n) is 6.91. The molecule has 104 valence electrons. The van der Waals surface area contributed by atoms with Gasteiger partial charge in [-0.3, -0.25) is 4.90 Å². The summed E-state index contributed by atoms with van der Waals surface area (Å²) in [6.45, 7) is 5.00. The Hall–Kier alpha value is -1.00. The van der Waals surface area contributed by atoms with Crippen molar-refractivity contribution in [3.8, 4) is 0 Å². The molecule has 0 bridgehead atoms. The van der Waals surface area contributed by atoms with Gasteiger partial charge in [0.2, 0.25) is 0 Å². The van der Waals surface area contributed by atoms with Gasteiger partial charge in [-0.15, -0.1) is 0 Å². The van der Waals surface area contributed by atoms with Gasteiger partial charge < -0.3 is 5.73 Å². The molecule has 4 heteroatoms. The highest BCUT2D eigenvalue weighted by Gasteiger charge is 2.22. The molecule has 1 aliphatic rings. The van der Waals surface area contributed by atoms with Gasteiger partial charge >= 0.3 is 0 Å². The Balaban J connectivity index is 2.04. The van der Waals surface area contributed by atoms with Crippen LogP contribution < -0.4 is 5.73 Å². The number of likely N-dealkylation sites (tertiary alicyclic amines) is 1. The predicted molar refractivity (Wildman–Crippen MR) is 80.6 cm³/mol. The summed E-state index contributed by atoms with van der Waals surface area (Å²) in [6.07, 6.45) is 3.72. The van der Waals surface area contributed by atoms with Gasteiger partial charge in [0.15, 0.2) is 0 Å². The molecular formula is C15H21FN2S. The maximum absolute atomic E-state index is 14.2. The van der Waals surface area contributed by atoms with E-state index in [4.69, 9.17) is 18.0 Å². The third kappa shape index (κ3) is 3.51. The minimum atomic E-state index is -0.256. The molecule has 0 aliphatic carbocycles. The highest BCUT2D eigenvalue weighted by atomic mass is 32.1. The lowest BCUT2D eigenvalue weighted by Gasteiger charge is -2.17. The monoisotopic (exact) mass is 280 g/mol. The molecule has 19 heavy (non-hydrogen) atoms. The van der Waals surface area contributed by atoms with Gasteiger partial charge in [-0.2, -0.15) is 0 Å². The minimum absolute atomic E-state index is 0.129. The average Bonchev–Trinajstić information content (AvgIpc) is 2.79. The summed E-state index contributed by atoms with van der Waals surface area (Å²) in [7, 11) is 0. The highest BCUT2D eigenvalue weighted by Crippen LogP contribution is 2.23. The number of rotatable bonds is 5. The van der Waals surface area contributed by atoms with Gasteiger partial charge in [0.1, 0.15) is 10.8 Å². The van der Waals surface area contributed by atoms with Gasteiger partial charge in [0, 0.05) is 24.2 Å². The van der Waals surface area contributed by atoms with Gasteiger partial charge in [0.25, 0.3) is 0 Å². The highest BCUT2D eigenvalue weighted by molar-refractivity contribution is 7.80. The molecule has 0 saturated carbocycles. The Morgan fingerprint density at radius 2 is 2.32 bits per heavy atom. The summed E-state index contributed by atoms with van der Waals surface area (Å²) in [5, 5.41) is 0. The molecular weight excluding hydrogens is 259 g/mol. The largest absolute Gasteiger partial charge is 0.389 e. The van der Waals surface area contributed by atoms with Crippen molar-refractivity contribution in [2.75, 3.05) is 13.1 Å². The van der Waals surface area contributed by atoms with Crippen molar-refractivity contribution in [2.24, 2.45) is 11.7 Å². The van der Waals surface area contributed by atoms with Crippen LogP contribution in [0.2, 0.25) is 0 Å². The van der Waals surface area contributed by atoms with E-state index in [2.05, 4.69) is 11.8 Å². The van der Waals surface area contributed by atoms with E-state index in [1.165, 1.54) is 19.3 Å². The first kappa shape index (κ1) is 14.4. The summed E-state index contributed by atoms with van der Waals surface area (Å²) in [5.74, 6) is 0.515. The fourth-order valence-corrected chi connectivity index (χ4v) is 2.99. The molecule has 0 aromatic heterocycles. The molecule has 0 radical (unpaired) electrons. The number of nitrogens with zero attached hydrogens (tertiary/aromatic N) is 1. The second-order valence-corrected chi connectivity index (χ2v) is 5.76. The summed E-state index contributed by atoms with van der Waals surface area (Å²) >= 11 is 4.87. The average molecular weight is 280 g/mol. The van der Waals surface area contributed by atoms with E-state index < -0.39 is 0 Å². The number of hydrogen-bond acceptors (Lipinski definition) is 2. The number of hydrogen-bond donors (Lipinski definition) is 1. The molecule has 2 rings (SSSR count). The normalized spacial score (nSPS) is 19.8. The summed E-state index contributed by atoms with van der Waals surface area (Å²) in [4.78, 5) is 2.45. The lowest BCUT2D eigenvalue weighted by molar-refractivity contribution is 0.308. The van der Waals surface area contributed by atoms with Crippen LogP contribution in [0.4, 0.5) is 4.39 Å². The Morgan fingerprint density at radius 3 is 3.00 bits per heavy atom. The van der Waals surface area contributed by atoms with Crippen LogP contribution in [-0.4, -0.2) is 23.0 Å². The summed E-state index contributed by atoms with van der Waals surface area (Å²) in [5.41, 5.74) is 6.59. The maximum Gasteiger partial charge on any atom is 0.137 e. The van der Waals surface area contributed by atoms with E-state index in [1.54, 1.807) is 6.07 Å². The van der Waals surface area contributed by atoms with Gasteiger partial charge in [-0.25, -0.2) is 4.39 Å². The van der Waals surface area contributed by atoms with Crippen LogP contribution >= 0.6 is 12.2 Å². The number of thiocarbonyl (C=S) groups is 1. The predicted octanol–water partition coefficient (Wildman–Crippen LogP) is 3.08. The van der Waals surface area contributed by atoms with Crippen LogP contribution in [0.3, 0.4) is 0 Å². The third-order valence-electron chi connectivity index (χ3n) is 3.81. The van der Waals surface area contributed by atoms with Crippen molar-refractivity contribution < 1.29 is 4.39 Å². The summed E-state index contributed by atoms with van der Waals surface area (Å²) < 4.78 is 14.2. The maximum atomic E-state index is 14.2. The van der Waals surface area contributed by atoms with Crippen LogP contribution in [-0.2, 0) is 6.54 Å². The van der Waals surface area contributed by atoms with Crippen LogP contribution in [0.1, 0.15) is 37.3 Å². The fourth-order valence-electron chi connectivity index (χ4n) is 2.83. The Kier molecular flexibility index (Phi) is 4.88. The van der Waals surface area contributed by atoms with Crippen molar-refractivity contribution in [3.63, 3.8) is 0 Å². The second kappa shape index (κ2) is 6.44. The first-order valence-corrected chi connectivity index (χ1v) is 7.32. The van der Waals surface area contributed by atoms with E-state index in [-0.39, 0.29) is 10.8 Å². The van der Waals surface area contributed by atoms with Crippen LogP contribution in [0.5, 0.6) is 0 Å². The van der Waals surface area contributed by atoms with Crippen molar-refractivity contribution >= 4 is 17.2 Å². The van der Waals surface area contributed by atoms with Crippen LogP contribution in [0.15, 0.2) is 18.2 Å². The quantitative estimate of drug-likeness (QED) is 0.841. The molecule has 1 unspecified atom stereocenters. The van der Waals surface area contributed by atoms with E-state index in [9.17, 15) is 4.39 Å². The van der Waals surface area contributed by atoms with Crippen LogP contribution in [0.25, 0.3) is 0 Å². The third-order valence-corrected chi connectivity index (χ3v) is 4.02. The molecule has 1 aromatic rings. The minimum Gasteiger partial charge on any atom is -0.389 e. The smallest absolute Gasteiger partial charge is 0.137 e. The van der Waals surface area contributed by atoms with Crippen molar-refractivity contribution in [2.45, 2.75) is 32.7 Å². The van der Waals surface area contributed by atoms with E-state index in [1.807, 2.05) is 12.1 Å². The van der Waals surface area contributed by atoms with Gasteiger partial charge in [-0.1, -0.05) is 37.7 Å². The zero-order chi connectivity index (χ0) is 13.8. The molecule has 0 spiro atoms. The SMILES string of the molecule is CCCC1CCN(Cc2cccc(C(N)=S)c2F)C1. The standard InChI is InChI=1S/C15H21FN2S/c1-2-4-11-7-8-18(9-11)10-12-5-3-6-13(14(12)16)15(17)19/h3,5-6,11H,2,4,7-10H2,1H3,(H2,17,19). The molecule has 2 N–H and O–H groups in total. The number of halogens is 1. The van der Waals surface area contributed by atoms with Gasteiger partial charge in [-0.05, 0) is 31.4 Å². The number of nitrogens with two attached hydrogens (primary N) is 1. The van der Waals surface area contributed by atoms with E-state index in [0.29, 0.717) is 17.7 Å². The lowest BCUT2D eigenvalue weighted by atomic mass is 10.0. The molecule has 1 saturated heterocycles. The topological polar surface area (TPSA) is 29.3 Å². The van der Waals surface area contributed by atoms with Crippen molar-refractivity contribution in [3.05, 3.63) is 35.1 Å². The molecule has 1 aliphatic heterocycles. The molecule has 0 amide bonds. The lowest BCUT2D eigenvalue weighted by Crippen LogP contribution is -2.22. The van der Waals surface area contributed by atoms with E-state index in [0.717, 1.165) is 19.0 Å². The Labute approximate surface area is 119 Å². The molecule has 1 aromatic carbocycles. The van der Waals surface area contributed by atoms with Crippen molar-refractivity contribution in [1.29, 1.82) is 0 Å².